The molecule has 29 heavy (non-hydrogen) atoms. The van der Waals surface area contributed by atoms with Crippen LogP contribution in [0.3, 0.4) is 0 Å². The molecule has 2 aliphatic rings. The van der Waals surface area contributed by atoms with Gasteiger partial charge < -0.3 is 28.6 Å². The highest BCUT2D eigenvalue weighted by Crippen LogP contribution is 2.25. The van der Waals surface area contributed by atoms with E-state index in [0.717, 1.165) is 0 Å². The Bertz CT molecular complexity index is 825. The van der Waals surface area contributed by atoms with E-state index < -0.39 is 5.79 Å². The van der Waals surface area contributed by atoms with Gasteiger partial charge in [-0.2, -0.15) is 0 Å². The summed E-state index contributed by atoms with van der Waals surface area (Å²) in [6.07, 6.45) is 5.00. The molecule has 4 rings (SSSR count). The monoisotopic (exact) mass is 400 g/mol. The van der Waals surface area contributed by atoms with Crippen LogP contribution < -0.4 is 4.74 Å². The molecule has 0 bridgehead atoms. The Morgan fingerprint density at radius 3 is 2.38 bits per heavy atom. The minimum atomic E-state index is -0.997. The van der Waals surface area contributed by atoms with E-state index in [2.05, 4.69) is 4.98 Å². The van der Waals surface area contributed by atoms with Crippen molar-refractivity contribution in [1.82, 2.24) is 19.4 Å². The van der Waals surface area contributed by atoms with Gasteiger partial charge in [0.05, 0.1) is 32.6 Å². The molecule has 2 aromatic rings. The van der Waals surface area contributed by atoms with Crippen molar-refractivity contribution in [2.24, 2.45) is 0 Å². The number of imidazole rings is 1. The fraction of sp³-hybridized carbons (Fsp3) is 0.450. The highest BCUT2D eigenvalue weighted by atomic mass is 16.7. The molecule has 2 amide bonds. The molecule has 0 radical (unpaired) electrons. The largest absolute Gasteiger partial charge is 0.484 e. The minimum absolute atomic E-state index is 0.0369. The van der Waals surface area contributed by atoms with Crippen molar-refractivity contribution >= 4 is 11.8 Å². The lowest BCUT2D eigenvalue weighted by molar-refractivity contribution is -0.287. The Kier molecular flexibility index (Phi) is 5.77. The highest BCUT2D eigenvalue weighted by Gasteiger charge is 2.44. The Hall–Kier alpha value is -2.91. The lowest BCUT2D eigenvalue weighted by atomic mass is 10.1. The van der Waals surface area contributed by atoms with E-state index in [0.29, 0.717) is 32.1 Å². The molecule has 0 saturated carbocycles. The van der Waals surface area contributed by atoms with Gasteiger partial charge in [-0.1, -0.05) is 18.2 Å². The molecular weight excluding hydrogens is 376 g/mol. The number of morpholine rings is 2. The smallest absolute Gasteiger partial charge is 0.260 e. The third-order valence-electron chi connectivity index (χ3n) is 5.00. The Labute approximate surface area is 168 Å². The third kappa shape index (κ3) is 4.75. The van der Waals surface area contributed by atoms with Crippen LogP contribution in [0, 0.1) is 0 Å². The molecule has 0 aliphatic carbocycles. The van der Waals surface area contributed by atoms with Crippen LogP contribution in [0.5, 0.6) is 5.75 Å². The zero-order chi connectivity index (χ0) is 20.1. The second-order valence-electron chi connectivity index (χ2n) is 7.07. The summed E-state index contributed by atoms with van der Waals surface area (Å²) in [5, 5.41) is 0. The Morgan fingerprint density at radius 2 is 1.72 bits per heavy atom. The molecule has 1 aromatic heterocycles. The fourth-order valence-corrected chi connectivity index (χ4v) is 3.51. The van der Waals surface area contributed by atoms with E-state index in [9.17, 15) is 9.59 Å². The van der Waals surface area contributed by atoms with E-state index in [1.54, 1.807) is 33.1 Å². The summed E-state index contributed by atoms with van der Waals surface area (Å²) >= 11 is 0. The van der Waals surface area contributed by atoms with Crippen LogP contribution in [0.4, 0.5) is 0 Å². The van der Waals surface area contributed by atoms with E-state index >= 15 is 0 Å². The normalized spacial score (nSPS) is 21.9. The first kappa shape index (κ1) is 19.4. The number of hydrogen-bond acceptors (Lipinski definition) is 6. The SMILES string of the molecule is O=C(COc1ccccc1)N1CCOC2(C1)CN(C(=O)Cn1ccnc1)CCO2. The number of hydrogen-bond donors (Lipinski definition) is 0. The van der Waals surface area contributed by atoms with Gasteiger partial charge in [-0.3, -0.25) is 9.59 Å². The number of aromatic nitrogens is 2. The highest BCUT2D eigenvalue weighted by molar-refractivity contribution is 5.78. The van der Waals surface area contributed by atoms with Gasteiger partial charge in [-0.05, 0) is 12.1 Å². The first-order valence-corrected chi connectivity index (χ1v) is 9.61. The van der Waals surface area contributed by atoms with Crippen molar-refractivity contribution in [2.45, 2.75) is 12.3 Å². The predicted octanol–water partition coefficient (Wildman–Crippen LogP) is 0.376. The molecule has 1 atom stereocenters. The molecule has 0 N–H and O–H groups in total. The number of carbonyl (C=O) groups is 2. The first-order valence-electron chi connectivity index (χ1n) is 9.61. The maximum atomic E-state index is 12.6. The van der Waals surface area contributed by atoms with Crippen molar-refractivity contribution in [3.8, 4) is 5.75 Å². The zero-order valence-corrected chi connectivity index (χ0v) is 16.1. The predicted molar refractivity (Wildman–Crippen MR) is 102 cm³/mol. The molecular formula is C20H24N4O5. The van der Waals surface area contributed by atoms with E-state index in [1.807, 2.05) is 30.3 Å². The van der Waals surface area contributed by atoms with Crippen LogP contribution in [0.15, 0.2) is 49.1 Å². The lowest BCUT2D eigenvalue weighted by Crippen LogP contribution is -2.64. The van der Waals surface area contributed by atoms with Gasteiger partial charge in [0.15, 0.2) is 6.61 Å². The lowest BCUT2D eigenvalue weighted by Gasteiger charge is -2.47. The van der Waals surface area contributed by atoms with E-state index in [4.69, 9.17) is 14.2 Å². The first-order chi connectivity index (χ1) is 14.1. The number of carbonyl (C=O) groups excluding carboxylic acids is 2. The molecule has 1 spiro atoms. The number of ether oxygens (including phenoxy) is 3. The average molecular weight is 400 g/mol. The molecule has 2 aliphatic heterocycles. The Morgan fingerprint density at radius 1 is 1.03 bits per heavy atom. The Balaban J connectivity index is 1.34. The summed E-state index contributed by atoms with van der Waals surface area (Å²) in [6.45, 7) is 2.36. The fourth-order valence-electron chi connectivity index (χ4n) is 3.51. The summed E-state index contributed by atoms with van der Waals surface area (Å²) in [6, 6.07) is 9.22. The maximum Gasteiger partial charge on any atom is 0.260 e. The summed E-state index contributed by atoms with van der Waals surface area (Å²) in [5.41, 5.74) is 0. The van der Waals surface area contributed by atoms with Crippen molar-refractivity contribution in [3.63, 3.8) is 0 Å². The van der Waals surface area contributed by atoms with Crippen LogP contribution in [-0.2, 0) is 25.6 Å². The molecule has 9 heteroatoms. The van der Waals surface area contributed by atoms with Gasteiger partial charge in [-0.15, -0.1) is 0 Å². The van der Waals surface area contributed by atoms with Gasteiger partial charge in [-0.25, -0.2) is 4.98 Å². The maximum absolute atomic E-state index is 12.6. The van der Waals surface area contributed by atoms with Gasteiger partial charge in [0.2, 0.25) is 11.7 Å². The van der Waals surface area contributed by atoms with Gasteiger partial charge >= 0.3 is 0 Å². The topological polar surface area (TPSA) is 86.1 Å². The molecule has 2 saturated heterocycles. The second kappa shape index (κ2) is 8.62. The quantitative estimate of drug-likeness (QED) is 0.721. The zero-order valence-electron chi connectivity index (χ0n) is 16.1. The number of benzene rings is 1. The second-order valence-corrected chi connectivity index (χ2v) is 7.07. The van der Waals surface area contributed by atoms with E-state index in [1.165, 1.54) is 0 Å². The van der Waals surface area contributed by atoms with Crippen LogP contribution in [0.25, 0.3) is 0 Å². The van der Waals surface area contributed by atoms with E-state index in [-0.39, 0.29) is 38.1 Å². The molecule has 1 aromatic carbocycles. The third-order valence-corrected chi connectivity index (χ3v) is 5.00. The van der Waals surface area contributed by atoms with Crippen LogP contribution >= 0.6 is 0 Å². The molecule has 9 nitrogen and oxygen atoms in total. The van der Waals surface area contributed by atoms with Crippen LogP contribution in [0.2, 0.25) is 0 Å². The van der Waals surface area contributed by atoms with Crippen molar-refractivity contribution < 1.29 is 23.8 Å². The summed E-state index contributed by atoms with van der Waals surface area (Å²) in [4.78, 5) is 32.6. The number of para-hydroxylation sites is 1. The van der Waals surface area contributed by atoms with Crippen molar-refractivity contribution in [2.75, 3.05) is 46.0 Å². The van der Waals surface area contributed by atoms with Gasteiger partial charge in [0.1, 0.15) is 12.3 Å². The summed E-state index contributed by atoms with van der Waals surface area (Å²) in [7, 11) is 0. The molecule has 1 unspecified atom stereocenters. The molecule has 154 valence electrons. The van der Waals surface area contributed by atoms with Crippen molar-refractivity contribution in [1.29, 1.82) is 0 Å². The number of nitrogens with zero attached hydrogens (tertiary/aromatic N) is 4. The summed E-state index contributed by atoms with van der Waals surface area (Å²) < 4.78 is 19.1. The minimum Gasteiger partial charge on any atom is -0.484 e. The van der Waals surface area contributed by atoms with Crippen LogP contribution in [0.1, 0.15) is 0 Å². The van der Waals surface area contributed by atoms with Crippen LogP contribution in [-0.4, -0.2) is 83.0 Å². The summed E-state index contributed by atoms with van der Waals surface area (Å²) in [5.74, 6) is -0.523. The van der Waals surface area contributed by atoms with Gasteiger partial charge in [0.25, 0.3) is 5.91 Å². The molecule has 3 heterocycles. The number of amides is 2. The number of rotatable bonds is 5. The average Bonchev–Trinajstić information content (AvgIpc) is 3.26. The van der Waals surface area contributed by atoms with Crippen molar-refractivity contribution in [3.05, 3.63) is 49.1 Å². The van der Waals surface area contributed by atoms with Gasteiger partial charge in [0, 0.05) is 25.5 Å². The standard InChI is InChI=1S/C20H24N4O5/c25-18(12-22-7-6-21-16-22)23-8-10-28-20(14-23)15-24(9-11-29-20)19(26)13-27-17-4-2-1-3-5-17/h1-7,16H,8-15H2. The molecule has 2 fully saturated rings.